The maximum Gasteiger partial charge on any atom is 0.226 e. The van der Waals surface area contributed by atoms with Crippen LogP contribution in [0.15, 0.2) is 60.7 Å². The molecule has 3 atom stereocenters. The van der Waals surface area contributed by atoms with E-state index in [1.807, 2.05) is 72.5 Å². The van der Waals surface area contributed by atoms with Gasteiger partial charge in [0.2, 0.25) is 5.91 Å². The van der Waals surface area contributed by atoms with Crippen LogP contribution < -0.4 is 17.3 Å². The van der Waals surface area contributed by atoms with E-state index in [1.165, 1.54) is 0 Å². The number of piperidine rings is 1. The van der Waals surface area contributed by atoms with Gasteiger partial charge in [0.05, 0.1) is 6.10 Å². The van der Waals surface area contributed by atoms with Crippen molar-refractivity contribution in [3.05, 3.63) is 66.2 Å². The van der Waals surface area contributed by atoms with Gasteiger partial charge in [-0.2, -0.15) is 0 Å². The van der Waals surface area contributed by atoms with Gasteiger partial charge in [-0.05, 0) is 30.0 Å². The van der Waals surface area contributed by atoms with Crippen LogP contribution in [0.5, 0.6) is 0 Å². The first-order valence-corrected chi connectivity index (χ1v) is 9.92. The quantitative estimate of drug-likeness (QED) is 0.781. The van der Waals surface area contributed by atoms with E-state index >= 15 is 0 Å². The number of halogens is 1. The molecule has 1 N–H and O–H groups in total. The number of rotatable bonds is 6. The number of benzene rings is 2. The number of carbonyl (C=O) groups excluding carboxylic acids is 1. The Bertz CT molecular complexity index is 726. The van der Waals surface area contributed by atoms with Crippen LogP contribution in [0.3, 0.4) is 0 Å². The molecule has 0 saturated carbocycles. The highest BCUT2D eigenvalue weighted by Crippen LogP contribution is 2.29. The number of aliphatic hydroxyl groups excluding tert-OH is 1. The first-order chi connectivity index (χ1) is 13.1. The first-order valence-electron chi connectivity index (χ1n) is 9.92. The minimum Gasteiger partial charge on any atom is -1.00 e. The van der Waals surface area contributed by atoms with Crippen LogP contribution in [0.25, 0.3) is 0 Å². The summed E-state index contributed by atoms with van der Waals surface area (Å²) in [6, 6.07) is 20.0. The number of para-hydroxylation sites is 1. The van der Waals surface area contributed by atoms with Crippen molar-refractivity contribution in [3.8, 4) is 0 Å². The Labute approximate surface area is 174 Å². The number of anilines is 1. The Hall–Kier alpha value is -1.88. The number of amides is 1. The van der Waals surface area contributed by atoms with E-state index in [0.29, 0.717) is 18.9 Å². The summed E-state index contributed by atoms with van der Waals surface area (Å²) in [7, 11) is 0. The Kier molecular flexibility index (Phi) is 8.49. The number of β-amino-alcohol motifs (C(OH)–C–C–N with tert-alkyl or cyclic N) is 1. The molecule has 0 radical (unpaired) electrons. The predicted octanol–water partition coefficient (Wildman–Crippen LogP) is 0.878. The topological polar surface area (TPSA) is 43.8 Å². The fourth-order valence-corrected chi connectivity index (χ4v) is 4.07. The van der Waals surface area contributed by atoms with Crippen LogP contribution >= 0.6 is 0 Å². The minimum atomic E-state index is -0.475. The molecular formula is C23H30ClN2O2-. The van der Waals surface area contributed by atoms with Crippen LogP contribution in [0.4, 0.5) is 5.69 Å². The zero-order valence-corrected chi connectivity index (χ0v) is 17.4. The van der Waals surface area contributed by atoms with Crippen molar-refractivity contribution in [1.29, 1.82) is 0 Å². The Morgan fingerprint density at radius 2 is 1.75 bits per heavy atom. The predicted molar refractivity (Wildman–Crippen MR) is 110 cm³/mol. The lowest BCUT2D eigenvalue weighted by Crippen LogP contribution is -3.00. The van der Waals surface area contributed by atoms with Gasteiger partial charge in [-0.25, -0.2) is 0 Å². The number of aliphatic hydroxyl groups is 1. The molecule has 0 spiro atoms. The van der Waals surface area contributed by atoms with E-state index in [0.717, 1.165) is 30.8 Å². The van der Waals surface area contributed by atoms with Crippen molar-refractivity contribution in [2.24, 2.45) is 5.92 Å². The third kappa shape index (κ3) is 5.34. The van der Waals surface area contributed by atoms with E-state index in [9.17, 15) is 9.90 Å². The molecule has 5 heteroatoms. The molecule has 4 nitrogen and oxygen atoms in total. The van der Waals surface area contributed by atoms with E-state index in [4.69, 9.17) is 0 Å². The molecule has 1 amide bonds. The van der Waals surface area contributed by atoms with Crippen molar-refractivity contribution in [1.82, 2.24) is 4.90 Å². The largest absolute Gasteiger partial charge is 1.00 e. The summed E-state index contributed by atoms with van der Waals surface area (Å²) < 4.78 is 0. The lowest BCUT2D eigenvalue weighted by atomic mass is 9.91. The summed E-state index contributed by atoms with van der Waals surface area (Å²) in [5.41, 5.74) is 1.94. The molecule has 1 fully saturated rings. The van der Waals surface area contributed by atoms with E-state index < -0.39 is 6.10 Å². The van der Waals surface area contributed by atoms with Crippen molar-refractivity contribution in [3.63, 3.8) is 0 Å². The molecule has 3 rings (SSSR count). The van der Waals surface area contributed by atoms with E-state index in [1.54, 1.807) is 0 Å². The molecule has 0 unspecified atom stereocenters. The van der Waals surface area contributed by atoms with Crippen molar-refractivity contribution in [2.45, 2.75) is 38.8 Å². The number of likely N-dealkylation sites (tertiary alicyclic amines) is 1. The SMILES string of the molecule is CCC(=O)N(c1ccccc1)[C@@H]1CCN(C[C@H](O)c2ccccc2)C[C@H]1C.[Cl-]. The maximum atomic E-state index is 12.7. The third-order valence-electron chi connectivity index (χ3n) is 5.50. The minimum absolute atomic E-state index is 0. The van der Waals surface area contributed by atoms with Crippen LogP contribution in [0.2, 0.25) is 0 Å². The molecule has 1 aliphatic heterocycles. The molecule has 2 aromatic carbocycles. The second kappa shape index (κ2) is 10.6. The molecule has 2 aromatic rings. The summed E-state index contributed by atoms with van der Waals surface area (Å²) in [6.45, 7) is 6.54. The molecule has 28 heavy (non-hydrogen) atoms. The number of carbonyl (C=O) groups is 1. The standard InChI is InChI=1S/C23H30N2O2.ClH/c1-3-23(27)25(20-12-8-5-9-13-20)21-14-15-24(16-18(21)2)17-22(26)19-10-6-4-7-11-19;/h4-13,18,21-22,26H,3,14-17H2,1-2H3;1H/p-1/t18-,21-,22+;/m1./s1. The van der Waals surface area contributed by atoms with Gasteiger partial charge in [0.15, 0.2) is 0 Å². The van der Waals surface area contributed by atoms with Gasteiger partial charge in [-0.1, -0.05) is 62.4 Å². The zero-order chi connectivity index (χ0) is 19.2. The van der Waals surface area contributed by atoms with E-state index in [2.05, 4.69) is 11.8 Å². The van der Waals surface area contributed by atoms with Gasteiger partial charge in [0, 0.05) is 37.8 Å². The second-order valence-electron chi connectivity index (χ2n) is 7.47. The highest BCUT2D eigenvalue weighted by atomic mass is 35.5. The van der Waals surface area contributed by atoms with Gasteiger partial charge in [-0.3, -0.25) is 9.69 Å². The summed E-state index contributed by atoms with van der Waals surface area (Å²) in [5, 5.41) is 10.5. The fraction of sp³-hybridized carbons (Fsp3) is 0.435. The van der Waals surface area contributed by atoms with Crippen molar-refractivity contribution < 1.29 is 22.3 Å². The number of hydrogen-bond donors (Lipinski definition) is 1. The molecule has 1 aliphatic rings. The average Bonchev–Trinajstić information content (AvgIpc) is 2.71. The second-order valence-corrected chi connectivity index (χ2v) is 7.47. The van der Waals surface area contributed by atoms with E-state index in [-0.39, 0.29) is 24.4 Å². The summed E-state index contributed by atoms with van der Waals surface area (Å²) in [6.07, 6.45) is 0.954. The van der Waals surface area contributed by atoms with Gasteiger partial charge < -0.3 is 22.4 Å². The molecule has 152 valence electrons. The molecule has 0 aromatic heterocycles. The van der Waals surface area contributed by atoms with Crippen molar-refractivity contribution in [2.75, 3.05) is 24.5 Å². The molecular weight excluding hydrogens is 372 g/mol. The maximum absolute atomic E-state index is 12.7. The van der Waals surface area contributed by atoms with Crippen LogP contribution in [-0.4, -0.2) is 41.6 Å². The third-order valence-corrected chi connectivity index (χ3v) is 5.50. The molecule has 1 heterocycles. The van der Waals surface area contributed by atoms with Crippen LogP contribution in [-0.2, 0) is 4.79 Å². The molecule has 0 aliphatic carbocycles. The fourth-order valence-electron chi connectivity index (χ4n) is 4.07. The molecule has 1 saturated heterocycles. The Balaban J connectivity index is 0.00000280. The monoisotopic (exact) mass is 401 g/mol. The molecule has 0 bridgehead atoms. The normalized spacial score (nSPS) is 20.8. The lowest BCUT2D eigenvalue weighted by Gasteiger charge is -2.43. The lowest BCUT2D eigenvalue weighted by molar-refractivity contribution is -0.119. The smallest absolute Gasteiger partial charge is 0.226 e. The summed E-state index contributed by atoms with van der Waals surface area (Å²) in [4.78, 5) is 17.0. The average molecular weight is 402 g/mol. The Morgan fingerprint density at radius 1 is 1.14 bits per heavy atom. The van der Waals surface area contributed by atoms with Crippen molar-refractivity contribution >= 4 is 11.6 Å². The highest BCUT2D eigenvalue weighted by molar-refractivity contribution is 5.93. The van der Waals surface area contributed by atoms with Gasteiger partial charge >= 0.3 is 0 Å². The van der Waals surface area contributed by atoms with Crippen LogP contribution in [0.1, 0.15) is 38.4 Å². The summed E-state index contributed by atoms with van der Waals surface area (Å²) >= 11 is 0. The highest BCUT2D eigenvalue weighted by Gasteiger charge is 2.34. The van der Waals surface area contributed by atoms with Gasteiger partial charge in [-0.15, -0.1) is 0 Å². The first kappa shape index (κ1) is 22.4. The van der Waals surface area contributed by atoms with Gasteiger partial charge in [0.25, 0.3) is 0 Å². The van der Waals surface area contributed by atoms with Gasteiger partial charge in [0.1, 0.15) is 0 Å². The zero-order valence-electron chi connectivity index (χ0n) is 16.7. The summed E-state index contributed by atoms with van der Waals surface area (Å²) in [5.74, 6) is 0.522. The van der Waals surface area contributed by atoms with Crippen LogP contribution in [0, 0.1) is 5.92 Å². The number of hydrogen-bond acceptors (Lipinski definition) is 3. The Morgan fingerprint density at radius 3 is 2.32 bits per heavy atom. The number of nitrogens with zero attached hydrogens (tertiary/aromatic N) is 2.